The maximum absolute atomic E-state index is 13.2. The fraction of sp³-hybridized carbons (Fsp3) is 0.222. The Morgan fingerprint density at radius 2 is 1.97 bits per heavy atom. The van der Waals surface area contributed by atoms with Crippen molar-refractivity contribution in [1.29, 1.82) is 0 Å². The van der Waals surface area contributed by atoms with Crippen LogP contribution >= 0.6 is 0 Å². The molecular formula is C27H25N3O6. The minimum absolute atomic E-state index is 0.0331. The number of hydrogen-bond donors (Lipinski definition) is 1. The highest BCUT2D eigenvalue weighted by molar-refractivity contribution is 6.46. The van der Waals surface area contributed by atoms with Crippen molar-refractivity contribution >= 4 is 23.1 Å². The van der Waals surface area contributed by atoms with Crippen LogP contribution in [-0.4, -0.2) is 38.2 Å². The Morgan fingerprint density at radius 3 is 2.64 bits per heavy atom. The first-order valence-corrected chi connectivity index (χ1v) is 11.5. The second-order valence-electron chi connectivity index (χ2n) is 8.47. The van der Waals surface area contributed by atoms with Gasteiger partial charge in [-0.25, -0.2) is 0 Å². The van der Waals surface area contributed by atoms with E-state index in [1.54, 1.807) is 48.8 Å². The summed E-state index contributed by atoms with van der Waals surface area (Å²) >= 11 is 0. The number of aromatic nitrogens is 1. The number of likely N-dealkylation sites (tertiary alicyclic amines) is 1. The van der Waals surface area contributed by atoms with Crippen molar-refractivity contribution in [2.45, 2.75) is 32.9 Å². The maximum Gasteiger partial charge on any atom is 0.295 e. The average Bonchev–Trinajstić information content (AvgIpc) is 3.13. The summed E-state index contributed by atoms with van der Waals surface area (Å²) in [5.41, 5.74) is 1.78. The molecule has 0 saturated carbocycles. The van der Waals surface area contributed by atoms with E-state index < -0.39 is 22.7 Å². The molecule has 9 nitrogen and oxygen atoms in total. The van der Waals surface area contributed by atoms with Gasteiger partial charge in [-0.3, -0.25) is 24.7 Å². The molecule has 0 spiro atoms. The van der Waals surface area contributed by atoms with E-state index in [4.69, 9.17) is 4.74 Å². The third kappa shape index (κ3) is 4.81. The number of rotatable bonds is 8. The summed E-state index contributed by atoms with van der Waals surface area (Å²) in [6.07, 6.45) is 4.00. The van der Waals surface area contributed by atoms with Crippen LogP contribution in [0.5, 0.6) is 5.75 Å². The Bertz CT molecular complexity index is 1350. The molecule has 1 fully saturated rings. The van der Waals surface area contributed by atoms with E-state index >= 15 is 0 Å². The van der Waals surface area contributed by atoms with Gasteiger partial charge in [-0.1, -0.05) is 25.1 Å². The number of carbonyl (C=O) groups is 2. The third-order valence-electron chi connectivity index (χ3n) is 5.92. The Morgan fingerprint density at radius 1 is 1.17 bits per heavy atom. The zero-order valence-corrected chi connectivity index (χ0v) is 19.9. The van der Waals surface area contributed by atoms with E-state index in [1.165, 1.54) is 23.1 Å². The molecule has 184 valence electrons. The minimum Gasteiger partial charge on any atom is -0.507 e. The van der Waals surface area contributed by atoms with Crippen LogP contribution in [0.1, 0.15) is 41.6 Å². The molecule has 0 bridgehead atoms. The number of aliphatic hydroxyl groups excluding tert-OH is 1. The molecule has 1 atom stereocenters. The highest BCUT2D eigenvalue weighted by Gasteiger charge is 2.46. The van der Waals surface area contributed by atoms with Crippen LogP contribution in [0.15, 0.2) is 72.6 Å². The normalized spacial score (nSPS) is 16.8. The number of nitro benzene ring substituents is 1. The highest BCUT2D eigenvalue weighted by Crippen LogP contribution is 2.41. The molecule has 1 unspecified atom stereocenters. The first-order chi connectivity index (χ1) is 17.3. The number of pyridine rings is 1. The van der Waals surface area contributed by atoms with Gasteiger partial charge in [0.15, 0.2) is 0 Å². The van der Waals surface area contributed by atoms with Gasteiger partial charge in [-0.05, 0) is 54.3 Å². The summed E-state index contributed by atoms with van der Waals surface area (Å²) in [6, 6.07) is 13.2. The van der Waals surface area contributed by atoms with Crippen molar-refractivity contribution in [1.82, 2.24) is 9.88 Å². The average molecular weight is 488 g/mol. The SMILES string of the molecule is CCCOc1ccc(/C(O)=C2\C(=O)C(=O)N(Cc3cccnc3)C2c2cccc([N+](=O)[O-])c2)cc1C. The maximum atomic E-state index is 13.2. The van der Waals surface area contributed by atoms with E-state index in [0.717, 1.165) is 12.0 Å². The van der Waals surface area contributed by atoms with Crippen LogP contribution in [0.4, 0.5) is 5.69 Å². The molecule has 9 heteroatoms. The van der Waals surface area contributed by atoms with Gasteiger partial charge in [0.05, 0.1) is 23.1 Å². The zero-order valence-electron chi connectivity index (χ0n) is 19.9. The number of aliphatic hydroxyl groups is 1. The molecule has 1 amide bonds. The molecular weight excluding hydrogens is 462 g/mol. The first kappa shape index (κ1) is 24.6. The molecule has 0 radical (unpaired) electrons. The number of ether oxygens (including phenoxy) is 1. The summed E-state index contributed by atoms with van der Waals surface area (Å²) in [5, 5.41) is 22.7. The van der Waals surface area contributed by atoms with Crippen LogP contribution in [0, 0.1) is 17.0 Å². The van der Waals surface area contributed by atoms with Gasteiger partial charge in [-0.15, -0.1) is 0 Å². The molecule has 1 N–H and O–H groups in total. The van der Waals surface area contributed by atoms with E-state index in [-0.39, 0.29) is 23.6 Å². The zero-order chi connectivity index (χ0) is 25.8. The summed E-state index contributed by atoms with van der Waals surface area (Å²) in [5.74, 6) is -1.38. The van der Waals surface area contributed by atoms with Gasteiger partial charge in [0.1, 0.15) is 11.5 Å². The number of aryl methyl sites for hydroxylation is 1. The number of Topliss-reactive ketones (excluding diaryl/α,β-unsaturated/α-hetero) is 1. The molecule has 4 rings (SSSR count). The van der Waals surface area contributed by atoms with Crippen LogP contribution in [0.25, 0.3) is 5.76 Å². The molecule has 0 aliphatic carbocycles. The fourth-order valence-corrected chi connectivity index (χ4v) is 4.21. The number of nitrogens with zero attached hydrogens (tertiary/aromatic N) is 3. The lowest BCUT2D eigenvalue weighted by Crippen LogP contribution is -2.29. The molecule has 1 saturated heterocycles. The number of amides is 1. The van der Waals surface area contributed by atoms with Crippen molar-refractivity contribution in [2.75, 3.05) is 6.61 Å². The van der Waals surface area contributed by atoms with E-state index in [0.29, 0.717) is 29.0 Å². The molecule has 36 heavy (non-hydrogen) atoms. The van der Waals surface area contributed by atoms with Gasteiger partial charge >= 0.3 is 0 Å². The number of benzene rings is 2. The summed E-state index contributed by atoms with van der Waals surface area (Å²) in [6.45, 7) is 4.39. The van der Waals surface area contributed by atoms with Crippen molar-refractivity contribution in [2.24, 2.45) is 0 Å². The fourth-order valence-electron chi connectivity index (χ4n) is 4.21. The van der Waals surface area contributed by atoms with Crippen molar-refractivity contribution in [3.05, 3.63) is 105 Å². The quantitative estimate of drug-likeness (QED) is 0.160. The number of carbonyl (C=O) groups excluding carboxylic acids is 2. The Labute approximate surface area is 207 Å². The number of ketones is 1. The van der Waals surface area contributed by atoms with Gasteiger partial charge in [0.2, 0.25) is 0 Å². The van der Waals surface area contributed by atoms with Crippen LogP contribution < -0.4 is 4.74 Å². The molecule has 1 aliphatic heterocycles. The molecule has 2 aromatic carbocycles. The monoisotopic (exact) mass is 487 g/mol. The predicted molar refractivity (Wildman–Crippen MR) is 132 cm³/mol. The summed E-state index contributed by atoms with van der Waals surface area (Å²) < 4.78 is 5.70. The van der Waals surface area contributed by atoms with Crippen molar-refractivity contribution in [3.63, 3.8) is 0 Å². The predicted octanol–water partition coefficient (Wildman–Crippen LogP) is 4.71. The standard InChI is InChI=1S/C27H25N3O6/c1-3-12-36-22-10-9-20(13-17(22)2)25(31)23-24(19-7-4-8-21(14-19)30(34)35)29(27(33)26(23)32)16-18-6-5-11-28-15-18/h4-11,13-15,24,31H,3,12,16H2,1-2H3/b25-23+. The number of hydrogen-bond acceptors (Lipinski definition) is 7. The van der Waals surface area contributed by atoms with Gasteiger partial charge in [0.25, 0.3) is 17.4 Å². The minimum atomic E-state index is -1.03. The second kappa shape index (κ2) is 10.4. The molecule has 2 heterocycles. The van der Waals surface area contributed by atoms with Crippen LogP contribution in [0.2, 0.25) is 0 Å². The summed E-state index contributed by atoms with van der Waals surface area (Å²) in [4.78, 5) is 42.6. The number of nitro groups is 1. The molecule has 3 aromatic rings. The lowest BCUT2D eigenvalue weighted by atomic mass is 9.94. The Balaban J connectivity index is 1.85. The largest absolute Gasteiger partial charge is 0.507 e. The number of non-ortho nitro benzene ring substituents is 1. The lowest BCUT2D eigenvalue weighted by molar-refractivity contribution is -0.384. The molecule has 1 aliphatic rings. The van der Waals surface area contributed by atoms with Gasteiger partial charge in [-0.2, -0.15) is 0 Å². The van der Waals surface area contributed by atoms with Gasteiger partial charge < -0.3 is 14.7 Å². The van der Waals surface area contributed by atoms with Crippen LogP contribution in [0.3, 0.4) is 0 Å². The van der Waals surface area contributed by atoms with Crippen LogP contribution in [-0.2, 0) is 16.1 Å². The third-order valence-corrected chi connectivity index (χ3v) is 5.92. The molecule has 1 aromatic heterocycles. The van der Waals surface area contributed by atoms with Crippen molar-refractivity contribution in [3.8, 4) is 5.75 Å². The van der Waals surface area contributed by atoms with E-state index in [9.17, 15) is 24.8 Å². The first-order valence-electron chi connectivity index (χ1n) is 11.5. The second-order valence-corrected chi connectivity index (χ2v) is 8.47. The van der Waals surface area contributed by atoms with E-state index in [2.05, 4.69) is 4.98 Å². The Hall–Kier alpha value is -4.53. The lowest BCUT2D eigenvalue weighted by Gasteiger charge is -2.25. The van der Waals surface area contributed by atoms with Crippen molar-refractivity contribution < 1.29 is 24.4 Å². The van der Waals surface area contributed by atoms with E-state index in [1.807, 2.05) is 13.8 Å². The Kier molecular flexibility index (Phi) is 7.10. The topological polar surface area (TPSA) is 123 Å². The highest BCUT2D eigenvalue weighted by atomic mass is 16.6. The van der Waals surface area contributed by atoms with Gasteiger partial charge in [0, 0.05) is 36.6 Å². The smallest absolute Gasteiger partial charge is 0.295 e. The summed E-state index contributed by atoms with van der Waals surface area (Å²) in [7, 11) is 0.